The molecule has 0 bridgehead atoms. The number of unbranched alkanes of at least 4 members (excludes halogenated alkanes) is 2. The third-order valence-corrected chi connectivity index (χ3v) is 6.37. The van der Waals surface area contributed by atoms with Crippen molar-refractivity contribution in [2.24, 2.45) is 5.10 Å². The SMILES string of the molecule is CCCC/C=C\C(C(=O)N1CCCC(c2csc(C(C)(C)O)n2)C1)=C(/C)N/N=C\C=N. The third-order valence-electron chi connectivity index (χ3n) is 5.20. The number of carbonyl (C=O) groups is 1. The van der Waals surface area contributed by atoms with Crippen LogP contribution in [-0.4, -0.2) is 46.4 Å². The second-order valence-corrected chi connectivity index (χ2v) is 9.22. The van der Waals surface area contributed by atoms with Gasteiger partial charge in [-0.05, 0) is 40.0 Å². The molecule has 1 saturated heterocycles. The van der Waals surface area contributed by atoms with Crippen molar-refractivity contribution in [3.63, 3.8) is 0 Å². The molecule has 1 atom stereocenters. The van der Waals surface area contributed by atoms with Crippen molar-refractivity contribution in [1.82, 2.24) is 15.3 Å². The zero-order chi connectivity index (χ0) is 22.9. The van der Waals surface area contributed by atoms with E-state index in [1.807, 2.05) is 29.4 Å². The third kappa shape index (κ3) is 7.40. The summed E-state index contributed by atoms with van der Waals surface area (Å²) >= 11 is 1.47. The first-order valence-electron chi connectivity index (χ1n) is 10.9. The molecule has 0 saturated carbocycles. The van der Waals surface area contributed by atoms with Crippen LogP contribution in [-0.2, 0) is 10.4 Å². The van der Waals surface area contributed by atoms with Gasteiger partial charge in [0, 0.05) is 36.3 Å². The highest BCUT2D eigenvalue weighted by atomic mass is 32.1. The van der Waals surface area contributed by atoms with Crippen LogP contribution in [0.25, 0.3) is 0 Å². The van der Waals surface area contributed by atoms with E-state index in [-0.39, 0.29) is 11.8 Å². The van der Waals surface area contributed by atoms with Crippen molar-refractivity contribution in [2.75, 3.05) is 13.1 Å². The Morgan fingerprint density at radius 2 is 2.29 bits per heavy atom. The Morgan fingerprint density at radius 1 is 1.52 bits per heavy atom. The number of piperidine rings is 1. The van der Waals surface area contributed by atoms with Gasteiger partial charge in [0.15, 0.2) is 0 Å². The standard InChI is InChI=1S/C23H35N5O2S/c1-5-6-7-8-11-19(17(2)27-25-13-12-24)21(29)28-14-9-10-18(15-28)20-16-31-22(26-20)23(3,4)30/h8,11-13,16,18,24,27,30H,5-7,9-10,14-15H2,1-4H3/b11-8-,19-17-,24-12?,25-13-. The number of amides is 1. The molecule has 1 aliphatic rings. The van der Waals surface area contributed by atoms with E-state index < -0.39 is 5.60 Å². The number of nitrogens with zero attached hydrogens (tertiary/aromatic N) is 3. The highest BCUT2D eigenvalue weighted by Crippen LogP contribution is 2.32. The van der Waals surface area contributed by atoms with E-state index in [1.54, 1.807) is 13.8 Å². The number of hydrogen-bond acceptors (Lipinski definition) is 7. The van der Waals surface area contributed by atoms with E-state index in [4.69, 9.17) is 5.41 Å². The molecule has 0 radical (unpaired) electrons. The van der Waals surface area contributed by atoms with Crippen molar-refractivity contribution in [2.45, 2.75) is 71.3 Å². The second kappa shape index (κ2) is 11.9. The number of hydrazone groups is 1. The Bertz CT molecular complexity index is 835. The zero-order valence-corrected chi connectivity index (χ0v) is 19.8. The minimum Gasteiger partial charge on any atom is -0.383 e. The fraction of sp³-hybridized carbons (Fsp3) is 0.565. The summed E-state index contributed by atoms with van der Waals surface area (Å²) < 4.78 is 0. The van der Waals surface area contributed by atoms with Crippen LogP contribution in [0.1, 0.15) is 76.4 Å². The Kier molecular flexibility index (Phi) is 9.58. The topological polar surface area (TPSA) is 102 Å². The van der Waals surface area contributed by atoms with E-state index in [0.29, 0.717) is 29.4 Å². The van der Waals surface area contributed by atoms with E-state index in [9.17, 15) is 9.90 Å². The molecule has 1 amide bonds. The fourth-order valence-electron chi connectivity index (χ4n) is 3.44. The van der Waals surface area contributed by atoms with Gasteiger partial charge in [0.1, 0.15) is 10.6 Å². The van der Waals surface area contributed by atoms with E-state index >= 15 is 0 Å². The van der Waals surface area contributed by atoms with Crippen molar-refractivity contribution in [1.29, 1.82) is 5.41 Å². The number of hydrogen-bond donors (Lipinski definition) is 3. The monoisotopic (exact) mass is 445 g/mol. The van der Waals surface area contributed by atoms with Gasteiger partial charge in [-0.1, -0.05) is 31.9 Å². The van der Waals surface area contributed by atoms with Crippen LogP contribution in [0.5, 0.6) is 0 Å². The molecular weight excluding hydrogens is 410 g/mol. The molecule has 1 aromatic heterocycles. The maximum Gasteiger partial charge on any atom is 0.255 e. The number of carbonyl (C=O) groups excluding carboxylic acids is 1. The Morgan fingerprint density at radius 3 is 2.94 bits per heavy atom. The molecule has 170 valence electrons. The lowest BCUT2D eigenvalue weighted by atomic mass is 9.94. The Hall–Kier alpha value is -2.32. The van der Waals surface area contributed by atoms with E-state index in [1.165, 1.54) is 17.6 Å². The molecule has 7 nitrogen and oxygen atoms in total. The average Bonchev–Trinajstić information content (AvgIpc) is 3.24. The number of likely N-dealkylation sites (tertiary alicyclic amines) is 1. The van der Waals surface area contributed by atoms with Crippen molar-refractivity contribution < 1.29 is 9.90 Å². The summed E-state index contributed by atoms with van der Waals surface area (Å²) in [6, 6.07) is 0. The summed E-state index contributed by atoms with van der Waals surface area (Å²) in [5.41, 5.74) is 4.12. The van der Waals surface area contributed by atoms with Crippen LogP contribution >= 0.6 is 11.3 Å². The molecule has 2 heterocycles. The van der Waals surface area contributed by atoms with Gasteiger partial charge in [-0.3, -0.25) is 10.2 Å². The predicted molar refractivity (Wildman–Crippen MR) is 128 cm³/mol. The Balaban J connectivity index is 2.19. The molecule has 3 N–H and O–H groups in total. The summed E-state index contributed by atoms with van der Waals surface area (Å²) in [4.78, 5) is 19.9. The van der Waals surface area contributed by atoms with Gasteiger partial charge in [-0.25, -0.2) is 4.98 Å². The van der Waals surface area contributed by atoms with E-state index in [2.05, 4.69) is 22.4 Å². The van der Waals surface area contributed by atoms with Gasteiger partial charge in [0.2, 0.25) is 0 Å². The lowest BCUT2D eigenvalue weighted by molar-refractivity contribution is -0.128. The van der Waals surface area contributed by atoms with Crippen molar-refractivity contribution in [3.8, 4) is 0 Å². The fourth-order valence-corrected chi connectivity index (χ4v) is 4.36. The lowest BCUT2D eigenvalue weighted by Gasteiger charge is -2.32. The maximum atomic E-state index is 13.4. The zero-order valence-electron chi connectivity index (χ0n) is 19.0. The molecular formula is C23H35N5O2S. The van der Waals surface area contributed by atoms with Crippen LogP contribution < -0.4 is 5.43 Å². The quantitative estimate of drug-likeness (QED) is 0.164. The van der Waals surface area contributed by atoms with E-state index in [0.717, 1.165) is 44.0 Å². The molecule has 1 aliphatic heterocycles. The summed E-state index contributed by atoms with van der Waals surface area (Å²) in [6.07, 6.45) is 11.4. The molecule has 0 spiro atoms. The van der Waals surface area contributed by atoms with Crippen molar-refractivity contribution >= 4 is 29.7 Å². The number of aliphatic hydroxyl groups is 1. The number of rotatable bonds is 10. The number of allylic oxidation sites excluding steroid dienone is 2. The first-order valence-corrected chi connectivity index (χ1v) is 11.8. The van der Waals surface area contributed by atoms with Crippen molar-refractivity contribution in [3.05, 3.63) is 39.5 Å². The van der Waals surface area contributed by atoms with Gasteiger partial charge < -0.3 is 15.4 Å². The number of nitrogens with one attached hydrogen (secondary N) is 2. The summed E-state index contributed by atoms with van der Waals surface area (Å²) in [5.74, 6) is 0.144. The van der Waals surface area contributed by atoms with Crippen LogP contribution in [0.15, 0.2) is 33.9 Å². The average molecular weight is 446 g/mol. The normalized spacial score (nSPS) is 18.5. The van der Waals surface area contributed by atoms with Gasteiger partial charge in [-0.15, -0.1) is 11.3 Å². The van der Waals surface area contributed by atoms with Crippen LogP contribution in [0.4, 0.5) is 0 Å². The molecule has 1 unspecified atom stereocenters. The predicted octanol–water partition coefficient (Wildman–Crippen LogP) is 4.32. The smallest absolute Gasteiger partial charge is 0.255 e. The number of thiazole rings is 1. The largest absolute Gasteiger partial charge is 0.383 e. The first kappa shape index (κ1) is 24.9. The number of aromatic nitrogens is 1. The molecule has 1 aromatic rings. The van der Waals surface area contributed by atoms with Gasteiger partial charge in [0.25, 0.3) is 5.91 Å². The molecule has 1 fully saturated rings. The minimum absolute atomic E-state index is 0.0227. The maximum absolute atomic E-state index is 13.4. The van der Waals surface area contributed by atoms with Gasteiger partial charge in [-0.2, -0.15) is 5.10 Å². The van der Waals surface area contributed by atoms with Crippen LogP contribution in [0.2, 0.25) is 0 Å². The first-order chi connectivity index (χ1) is 14.8. The Labute approximate surface area is 189 Å². The lowest BCUT2D eigenvalue weighted by Crippen LogP contribution is -2.40. The molecule has 0 aliphatic carbocycles. The highest BCUT2D eigenvalue weighted by molar-refractivity contribution is 7.09. The molecule has 8 heteroatoms. The van der Waals surface area contributed by atoms with Gasteiger partial charge in [0.05, 0.1) is 17.5 Å². The highest BCUT2D eigenvalue weighted by Gasteiger charge is 2.29. The summed E-state index contributed by atoms with van der Waals surface area (Å²) in [7, 11) is 0. The second-order valence-electron chi connectivity index (χ2n) is 8.37. The van der Waals surface area contributed by atoms with Crippen LogP contribution in [0.3, 0.4) is 0 Å². The molecule has 2 rings (SSSR count). The molecule has 31 heavy (non-hydrogen) atoms. The van der Waals surface area contributed by atoms with Gasteiger partial charge >= 0.3 is 0 Å². The summed E-state index contributed by atoms with van der Waals surface area (Å²) in [6.45, 7) is 8.77. The molecule has 0 aromatic carbocycles. The summed E-state index contributed by atoms with van der Waals surface area (Å²) in [5, 5.41) is 23.9. The van der Waals surface area contributed by atoms with Crippen LogP contribution in [0, 0.1) is 5.41 Å². The minimum atomic E-state index is -0.952.